The molecular weight excluding hydrogens is 402 g/mol. The van der Waals surface area contributed by atoms with Crippen molar-refractivity contribution in [2.45, 2.75) is 87.9 Å². The van der Waals surface area contributed by atoms with Crippen LogP contribution >= 0.6 is 0 Å². The highest BCUT2D eigenvalue weighted by Gasteiger charge is 2.51. The summed E-state index contributed by atoms with van der Waals surface area (Å²) in [5, 5.41) is 54.6. The fourth-order valence-corrected chi connectivity index (χ4v) is 4.19. The topological polar surface area (TPSA) is 167 Å². The van der Waals surface area contributed by atoms with Crippen LogP contribution in [0.25, 0.3) is 0 Å². The summed E-state index contributed by atoms with van der Waals surface area (Å²) in [5.74, 6) is -0.624. The molecule has 30 heavy (non-hydrogen) atoms. The third kappa shape index (κ3) is 5.12. The van der Waals surface area contributed by atoms with Gasteiger partial charge in [0, 0.05) is 25.5 Å². The summed E-state index contributed by atoms with van der Waals surface area (Å²) in [5.41, 5.74) is 0. The minimum atomic E-state index is -1.48. The lowest BCUT2D eigenvalue weighted by molar-refractivity contribution is -0.355. The van der Waals surface area contributed by atoms with Crippen LogP contribution < -0.4 is 5.32 Å². The van der Waals surface area contributed by atoms with Crippen molar-refractivity contribution >= 4 is 5.91 Å². The number of ether oxygens (including phenoxy) is 4. The van der Waals surface area contributed by atoms with E-state index >= 15 is 0 Å². The minimum absolute atomic E-state index is 0.120. The maximum atomic E-state index is 11.7. The number of amides is 1. The summed E-state index contributed by atoms with van der Waals surface area (Å²) in [6.45, 7) is 1.54. The molecule has 0 aromatic rings. The van der Waals surface area contributed by atoms with E-state index in [0.717, 1.165) is 0 Å². The molecule has 0 radical (unpaired) electrons. The molecule has 0 aromatic carbocycles. The molecule has 1 amide bonds. The largest absolute Gasteiger partial charge is 0.394 e. The molecule has 0 spiro atoms. The van der Waals surface area contributed by atoms with Crippen LogP contribution in [-0.2, 0) is 23.7 Å². The number of hydrogen-bond donors (Lipinski definition) is 6. The predicted molar refractivity (Wildman–Crippen MR) is 99.9 cm³/mol. The van der Waals surface area contributed by atoms with Crippen LogP contribution in [0.1, 0.15) is 32.6 Å². The lowest BCUT2D eigenvalue weighted by atomic mass is 9.84. The lowest BCUT2D eigenvalue weighted by Gasteiger charge is -2.47. The molecule has 11 nitrogen and oxygen atoms in total. The zero-order chi connectivity index (χ0) is 21.8. The molecule has 6 unspecified atom stereocenters. The second kappa shape index (κ2) is 10.6. The number of carbonyl (C=O) groups is 1. The van der Waals surface area contributed by atoms with Crippen molar-refractivity contribution < 1.29 is 49.3 Å². The second-order valence-corrected chi connectivity index (χ2v) is 8.02. The molecule has 0 saturated carbocycles. The highest BCUT2D eigenvalue weighted by atomic mass is 16.7. The van der Waals surface area contributed by atoms with Crippen molar-refractivity contribution in [3.05, 3.63) is 0 Å². The number of aliphatic hydroxyl groups is 5. The number of aliphatic hydroxyl groups excluding tert-OH is 5. The second-order valence-electron chi connectivity index (χ2n) is 8.02. The first-order chi connectivity index (χ1) is 14.4. The summed E-state index contributed by atoms with van der Waals surface area (Å²) in [6, 6.07) is 0. The smallest absolute Gasteiger partial charge is 0.219 e. The predicted octanol–water partition coefficient (Wildman–Crippen LogP) is -2.40. The summed E-state index contributed by atoms with van der Waals surface area (Å²) < 4.78 is 22.7. The van der Waals surface area contributed by atoms with Crippen LogP contribution in [0.5, 0.6) is 0 Å². The van der Waals surface area contributed by atoms with E-state index in [-0.39, 0.29) is 19.1 Å². The van der Waals surface area contributed by atoms with Gasteiger partial charge in [0.15, 0.2) is 12.6 Å². The number of carbonyl (C=O) groups excluding carboxylic acids is 1. The van der Waals surface area contributed by atoms with Gasteiger partial charge in [0.25, 0.3) is 0 Å². The standard InChI is InChI=1S/C19H33NO10/c1-2-12(22)20-7-10-9-5-3-4-6-27-18-16(26)14(24)17(11(8-21)29-18)30-19(28-10)15(25)13(9)23/h9-11,13-19,21,23-26H,2-8H2,1H3,(H,20,22)/t9?,10?,11?,13-,14+,15?,16?,17?,18-,19+/m0/s1. The van der Waals surface area contributed by atoms with Gasteiger partial charge in [0.1, 0.15) is 30.5 Å². The van der Waals surface area contributed by atoms with Crippen molar-refractivity contribution in [2.75, 3.05) is 19.8 Å². The Hall–Kier alpha value is -0.890. The third-order valence-corrected chi connectivity index (χ3v) is 6.00. The Kier molecular flexibility index (Phi) is 8.41. The van der Waals surface area contributed by atoms with Crippen LogP contribution in [-0.4, -0.2) is 107 Å². The Morgan fingerprint density at radius 1 is 0.933 bits per heavy atom. The molecule has 6 aliphatic rings. The molecule has 0 aromatic heterocycles. The number of rotatable bonds is 4. The van der Waals surface area contributed by atoms with Gasteiger partial charge in [-0.15, -0.1) is 0 Å². The maximum Gasteiger partial charge on any atom is 0.219 e. The van der Waals surface area contributed by atoms with Crippen molar-refractivity contribution in [3.63, 3.8) is 0 Å². The van der Waals surface area contributed by atoms with E-state index < -0.39 is 67.8 Å². The Balaban J connectivity index is 1.84. The normalized spacial score (nSPS) is 45.1. The highest BCUT2D eigenvalue weighted by Crippen LogP contribution is 2.34. The van der Waals surface area contributed by atoms with Gasteiger partial charge in [-0.2, -0.15) is 0 Å². The third-order valence-electron chi connectivity index (χ3n) is 6.00. The van der Waals surface area contributed by atoms with Crippen LogP contribution in [0.2, 0.25) is 0 Å². The van der Waals surface area contributed by atoms with Crippen molar-refractivity contribution in [1.29, 1.82) is 0 Å². The number of nitrogens with one attached hydrogen (secondary N) is 1. The van der Waals surface area contributed by atoms with Crippen molar-refractivity contribution in [1.82, 2.24) is 5.32 Å². The van der Waals surface area contributed by atoms with Gasteiger partial charge in [-0.25, -0.2) is 0 Å². The van der Waals surface area contributed by atoms with E-state index in [1.54, 1.807) is 6.92 Å². The Labute approximate surface area is 174 Å². The Morgan fingerprint density at radius 2 is 1.63 bits per heavy atom. The zero-order valence-electron chi connectivity index (χ0n) is 17.0. The summed E-state index contributed by atoms with van der Waals surface area (Å²) >= 11 is 0. The number of hydrogen-bond acceptors (Lipinski definition) is 10. The highest BCUT2D eigenvalue weighted by molar-refractivity contribution is 5.75. The van der Waals surface area contributed by atoms with Crippen LogP contribution in [0, 0.1) is 5.92 Å². The summed E-state index contributed by atoms with van der Waals surface area (Å²) in [6.07, 6.45) is -8.91. The summed E-state index contributed by atoms with van der Waals surface area (Å²) in [4.78, 5) is 11.7. The van der Waals surface area contributed by atoms with Crippen molar-refractivity contribution in [3.8, 4) is 0 Å². The van der Waals surface area contributed by atoms with Crippen LogP contribution in [0.4, 0.5) is 0 Å². The first kappa shape index (κ1) is 23.8. The monoisotopic (exact) mass is 435 g/mol. The molecule has 6 saturated heterocycles. The molecule has 6 rings (SSSR count). The maximum absolute atomic E-state index is 11.7. The molecule has 6 N–H and O–H groups in total. The van der Waals surface area contributed by atoms with E-state index in [1.807, 2.05) is 0 Å². The zero-order valence-corrected chi connectivity index (χ0v) is 17.0. The molecule has 4 bridgehead atoms. The van der Waals surface area contributed by atoms with E-state index in [4.69, 9.17) is 18.9 Å². The molecule has 11 heteroatoms. The molecule has 6 fully saturated rings. The first-order valence-electron chi connectivity index (χ1n) is 10.5. The van der Waals surface area contributed by atoms with E-state index in [0.29, 0.717) is 25.7 Å². The molecule has 6 heterocycles. The first-order valence-corrected chi connectivity index (χ1v) is 10.5. The molecule has 0 aliphatic carbocycles. The van der Waals surface area contributed by atoms with Gasteiger partial charge in [0.05, 0.1) is 18.8 Å². The van der Waals surface area contributed by atoms with Crippen LogP contribution in [0.3, 0.4) is 0 Å². The Morgan fingerprint density at radius 3 is 2.33 bits per heavy atom. The van der Waals surface area contributed by atoms with E-state index in [2.05, 4.69) is 5.32 Å². The van der Waals surface area contributed by atoms with Crippen LogP contribution in [0.15, 0.2) is 0 Å². The van der Waals surface area contributed by atoms with Gasteiger partial charge in [-0.05, 0) is 12.8 Å². The molecule has 6 aliphatic heterocycles. The van der Waals surface area contributed by atoms with Gasteiger partial charge < -0.3 is 49.8 Å². The fourth-order valence-electron chi connectivity index (χ4n) is 4.19. The minimum Gasteiger partial charge on any atom is -0.394 e. The fraction of sp³-hybridized carbons (Fsp3) is 0.947. The van der Waals surface area contributed by atoms with Gasteiger partial charge >= 0.3 is 0 Å². The summed E-state index contributed by atoms with van der Waals surface area (Å²) in [7, 11) is 0. The van der Waals surface area contributed by atoms with E-state index in [9.17, 15) is 30.3 Å². The van der Waals surface area contributed by atoms with Crippen molar-refractivity contribution in [2.24, 2.45) is 5.92 Å². The molecule has 10 atom stereocenters. The van der Waals surface area contributed by atoms with Gasteiger partial charge in [-0.3, -0.25) is 4.79 Å². The lowest BCUT2D eigenvalue weighted by Crippen LogP contribution is -2.64. The average molecular weight is 435 g/mol. The average Bonchev–Trinajstić information content (AvgIpc) is 2.75. The SMILES string of the molecule is CCC(=O)NCC1O[C@@H]2OC3C(CO)O[C@H](OCCCCC1[C@H](O)C2O)C(O)[C@H]3O. The quantitative estimate of drug-likeness (QED) is 0.280. The van der Waals surface area contributed by atoms with Gasteiger partial charge in [0.2, 0.25) is 5.91 Å². The van der Waals surface area contributed by atoms with Gasteiger partial charge in [-0.1, -0.05) is 13.3 Å². The molecule has 174 valence electrons. The molecular formula is C19H33NO10. The Bertz CT molecular complexity index is 563. The van der Waals surface area contributed by atoms with E-state index in [1.165, 1.54) is 0 Å².